The molecule has 1 fully saturated rings. The summed E-state index contributed by atoms with van der Waals surface area (Å²) in [5.74, 6) is -0.474. The Morgan fingerprint density at radius 1 is 1.10 bits per heavy atom. The number of amides is 2. The maximum atomic E-state index is 13.0. The van der Waals surface area contributed by atoms with Gasteiger partial charge in [0.05, 0.1) is 17.9 Å². The minimum atomic E-state index is -3.41. The zero-order valence-electron chi connectivity index (χ0n) is 18.1. The van der Waals surface area contributed by atoms with E-state index in [1.807, 2.05) is 32.0 Å². The molecule has 1 heterocycles. The van der Waals surface area contributed by atoms with Gasteiger partial charge in [-0.05, 0) is 50.5 Å². The molecule has 1 aliphatic heterocycles. The number of carbonyl (C=O) groups is 2. The van der Waals surface area contributed by atoms with Gasteiger partial charge in [-0.2, -0.15) is 0 Å². The average Bonchev–Trinajstić information content (AvgIpc) is 2.70. The SMILES string of the molecule is Cc1cc(C)cc(C(=O)N2CCCC(C(=O)NCc3ccccc3NS(C)(=O)=O)C2)c1. The summed E-state index contributed by atoms with van der Waals surface area (Å²) in [5, 5.41) is 2.90. The minimum absolute atomic E-state index is 0.0491. The summed E-state index contributed by atoms with van der Waals surface area (Å²) in [6.45, 7) is 5.15. The lowest BCUT2D eigenvalue weighted by Crippen LogP contribution is -2.45. The molecule has 7 nitrogen and oxygen atoms in total. The number of likely N-dealkylation sites (tertiary alicyclic amines) is 1. The number of carbonyl (C=O) groups excluding carboxylic acids is 2. The van der Waals surface area contributed by atoms with Crippen LogP contribution in [0.25, 0.3) is 0 Å². The van der Waals surface area contributed by atoms with Crippen molar-refractivity contribution in [1.82, 2.24) is 10.2 Å². The molecule has 2 amide bonds. The van der Waals surface area contributed by atoms with Crippen LogP contribution in [0.4, 0.5) is 5.69 Å². The molecule has 0 bridgehead atoms. The van der Waals surface area contributed by atoms with Crippen LogP contribution in [-0.4, -0.2) is 44.5 Å². The van der Waals surface area contributed by atoms with Crippen LogP contribution < -0.4 is 10.0 Å². The molecule has 1 unspecified atom stereocenters. The van der Waals surface area contributed by atoms with Gasteiger partial charge in [-0.1, -0.05) is 35.4 Å². The molecule has 2 aromatic carbocycles. The van der Waals surface area contributed by atoms with Crippen molar-refractivity contribution < 1.29 is 18.0 Å². The van der Waals surface area contributed by atoms with E-state index in [2.05, 4.69) is 10.0 Å². The van der Waals surface area contributed by atoms with Gasteiger partial charge >= 0.3 is 0 Å². The summed E-state index contributed by atoms with van der Waals surface area (Å²) in [6.07, 6.45) is 2.57. The van der Waals surface area contributed by atoms with E-state index in [0.29, 0.717) is 36.3 Å². The third kappa shape index (κ3) is 6.30. The van der Waals surface area contributed by atoms with E-state index in [-0.39, 0.29) is 24.3 Å². The molecule has 0 aliphatic carbocycles. The first kappa shape index (κ1) is 22.8. The fourth-order valence-corrected chi connectivity index (χ4v) is 4.56. The lowest BCUT2D eigenvalue weighted by molar-refractivity contribution is -0.126. The van der Waals surface area contributed by atoms with Crippen LogP contribution >= 0.6 is 0 Å². The summed E-state index contributed by atoms with van der Waals surface area (Å²) in [6, 6.07) is 12.7. The Morgan fingerprint density at radius 3 is 2.45 bits per heavy atom. The second-order valence-corrected chi connectivity index (χ2v) is 9.96. The van der Waals surface area contributed by atoms with Gasteiger partial charge in [0.1, 0.15) is 0 Å². The maximum Gasteiger partial charge on any atom is 0.253 e. The second-order valence-electron chi connectivity index (χ2n) is 8.22. The first-order valence-corrected chi connectivity index (χ1v) is 12.2. The number of hydrogen-bond acceptors (Lipinski definition) is 4. The van der Waals surface area contributed by atoms with Crippen molar-refractivity contribution in [3.05, 3.63) is 64.7 Å². The van der Waals surface area contributed by atoms with Crippen molar-refractivity contribution in [1.29, 1.82) is 0 Å². The number of para-hydroxylation sites is 1. The molecule has 1 aliphatic rings. The molecule has 2 aromatic rings. The van der Waals surface area contributed by atoms with E-state index in [0.717, 1.165) is 23.8 Å². The van der Waals surface area contributed by atoms with Crippen molar-refractivity contribution in [2.24, 2.45) is 5.92 Å². The van der Waals surface area contributed by atoms with Crippen LogP contribution in [0, 0.1) is 19.8 Å². The van der Waals surface area contributed by atoms with Crippen molar-refractivity contribution in [3.63, 3.8) is 0 Å². The first-order valence-electron chi connectivity index (χ1n) is 10.3. The molecule has 8 heteroatoms. The van der Waals surface area contributed by atoms with Crippen LogP contribution in [0.1, 0.15) is 39.9 Å². The third-order valence-corrected chi connectivity index (χ3v) is 5.90. The van der Waals surface area contributed by atoms with Crippen LogP contribution in [0.15, 0.2) is 42.5 Å². The molecule has 0 spiro atoms. The predicted molar refractivity (Wildman–Crippen MR) is 121 cm³/mol. The highest BCUT2D eigenvalue weighted by molar-refractivity contribution is 7.92. The van der Waals surface area contributed by atoms with Gasteiger partial charge in [-0.25, -0.2) is 8.42 Å². The Kier molecular flexibility index (Phi) is 7.00. The monoisotopic (exact) mass is 443 g/mol. The third-order valence-electron chi connectivity index (χ3n) is 5.31. The van der Waals surface area contributed by atoms with Crippen LogP contribution in [0.5, 0.6) is 0 Å². The number of anilines is 1. The highest BCUT2D eigenvalue weighted by Crippen LogP contribution is 2.21. The number of piperidine rings is 1. The van der Waals surface area contributed by atoms with Gasteiger partial charge in [-0.15, -0.1) is 0 Å². The van der Waals surface area contributed by atoms with Gasteiger partial charge in [0.25, 0.3) is 5.91 Å². The van der Waals surface area contributed by atoms with Crippen molar-refractivity contribution in [3.8, 4) is 0 Å². The van der Waals surface area contributed by atoms with Gasteiger partial charge in [-0.3, -0.25) is 14.3 Å². The van der Waals surface area contributed by atoms with E-state index in [1.165, 1.54) is 0 Å². The molecule has 1 saturated heterocycles. The Bertz CT molecular complexity index is 1060. The van der Waals surface area contributed by atoms with Crippen LogP contribution in [0.2, 0.25) is 0 Å². The smallest absolute Gasteiger partial charge is 0.253 e. The van der Waals surface area contributed by atoms with Crippen molar-refractivity contribution in [2.75, 3.05) is 24.1 Å². The standard InChI is InChI=1S/C23H29N3O4S/c1-16-11-17(2)13-20(12-16)23(28)26-10-6-8-19(15-26)22(27)24-14-18-7-4-5-9-21(18)25-31(3,29)30/h4-5,7,9,11-13,19,25H,6,8,10,14-15H2,1-3H3,(H,24,27). The summed E-state index contributed by atoms with van der Waals surface area (Å²) in [7, 11) is -3.41. The number of benzene rings is 2. The highest BCUT2D eigenvalue weighted by Gasteiger charge is 2.29. The fourth-order valence-electron chi connectivity index (χ4n) is 3.96. The predicted octanol–water partition coefficient (Wildman–Crippen LogP) is 2.84. The fraction of sp³-hybridized carbons (Fsp3) is 0.391. The molecule has 0 aromatic heterocycles. The van der Waals surface area contributed by atoms with Gasteiger partial charge in [0, 0.05) is 25.2 Å². The molecule has 1 atom stereocenters. The molecule has 3 rings (SSSR count). The topological polar surface area (TPSA) is 95.6 Å². The molecular formula is C23H29N3O4S. The van der Waals surface area contributed by atoms with Gasteiger partial charge < -0.3 is 10.2 Å². The normalized spacial score (nSPS) is 16.6. The van der Waals surface area contributed by atoms with E-state index in [1.54, 1.807) is 29.2 Å². The van der Waals surface area contributed by atoms with Gasteiger partial charge in [0.2, 0.25) is 15.9 Å². The number of nitrogens with zero attached hydrogens (tertiary/aromatic N) is 1. The Morgan fingerprint density at radius 2 is 1.77 bits per heavy atom. The molecule has 0 radical (unpaired) electrons. The summed E-state index contributed by atoms with van der Waals surface area (Å²) in [4.78, 5) is 27.5. The number of hydrogen-bond donors (Lipinski definition) is 2. The minimum Gasteiger partial charge on any atom is -0.352 e. The van der Waals surface area contributed by atoms with Crippen LogP contribution in [-0.2, 0) is 21.4 Å². The zero-order valence-corrected chi connectivity index (χ0v) is 19.0. The average molecular weight is 444 g/mol. The zero-order chi connectivity index (χ0) is 22.6. The number of rotatable bonds is 6. The van der Waals surface area contributed by atoms with Crippen molar-refractivity contribution in [2.45, 2.75) is 33.2 Å². The van der Waals surface area contributed by atoms with E-state index in [4.69, 9.17) is 0 Å². The van der Waals surface area contributed by atoms with E-state index in [9.17, 15) is 18.0 Å². The lowest BCUT2D eigenvalue weighted by atomic mass is 9.96. The van der Waals surface area contributed by atoms with Crippen LogP contribution in [0.3, 0.4) is 0 Å². The molecule has 31 heavy (non-hydrogen) atoms. The first-order chi connectivity index (χ1) is 14.6. The van der Waals surface area contributed by atoms with Gasteiger partial charge in [0.15, 0.2) is 0 Å². The molecule has 166 valence electrons. The maximum absolute atomic E-state index is 13.0. The Hall–Kier alpha value is -2.87. The molecule has 0 saturated carbocycles. The quantitative estimate of drug-likeness (QED) is 0.718. The highest BCUT2D eigenvalue weighted by atomic mass is 32.2. The molecule has 2 N–H and O–H groups in total. The van der Waals surface area contributed by atoms with E-state index < -0.39 is 10.0 Å². The number of sulfonamides is 1. The number of nitrogens with one attached hydrogen (secondary N) is 2. The summed E-state index contributed by atoms with van der Waals surface area (Å²) in [5.41, 5.74) is 3.85. The summed E-state index contributed by atoms with van der Waals surface area (Å²) < 4.78 is 25.6. The summed E-state index contributed by atoms with van der Waals surface area (Å²) >= 11 is 0. The Balaban J connectivity index is 1.63. The number of aryl methyl sites for hydroxylation is 2. The molecular weight excluding hydrogens is 414 g/mol. The second kappa shape index (κ2) is 9.51. The lowest BCUT2D eigenvalue weighted by Gasteiger charge is -2.32. The largest absolute Gasteiger partial charge is 0.352 e. The Labute approximate surface area is 183 Å². The van der Waals surface area contributed by atoms with E-state index >= 15 is 0 Å². The van der Waals surface area contributed by atoms with Crippen molar-refractivity contribution >= 4 is 27.5 Å².